The lowest BCUT2D eigenvalue weighted by Crippen LogP contribution is -2.41. The van der Waals surface area contributed by atoms with Gasteiger partial charge in [0.05, 0.1) is 12.2 Å². The van der Waals surface area contributed by atoms with E-state index in [9.17, 15) is 0 Å². The van der Waals surface area contributed by atoms with E-state index in [-0.39, 0.29) is 0 Å². The topological polar surface area (TPSA) is 21.7 Å². The van der Waals surface area contributed by atoms with Crippen molar-refractivity contribution in [2.45, 2.75) is 65.3 Å². The SMILES string of the molecule is CC(CN(C)CC(C)O[Si](C)(C)C)O[Si](C)(C)C. The summed E-state index contributed by atoms with van der Waals surface area (Å²) in [5.41, 5.74) is 0. The summed E-state index contributed by atoms with van der Waals surface area (Å²) in [5.74, 6) is 0. The lowest BCUT2D eigenvalue weighted by molar-refractivity contribution is 0.114. The number of rotatable bonds is 8. The van der Waals surface area contributed by atoms with Gasteiger partial charge in [-0.1, -0.05) is 0 Å². The van der Waals surface area contributed by atoms with Crippen molar-refractivity contribution >= 4 is 16.6 Å². The van der Waals surface area contributed by atoms with Crippen molar-refractivity contribution in [3.63, 3.8) is 0 Å². The van der Waals surface area contributed by atoms with Gasteiger partial charge in [0.2, 0.25) is 0 Å². The van der Waals surface area contributed by atoms with Gasteiger partial charge < -0.3 is 13.8 Å². The van der Waals surface area contributed by atoms with Gasteiger partial charge in [0.15, 0.2) is 16.6 Å². The highest BCUT2D eigenvalue weighted by molar-refractivity contribution is 6.70. The fourth-order valence-corrected chi connectivity index (χ4v) is 4.80. The van der Waals surface area contributed by atoms with Gasteiger partial charge in [-0.25, -0.2) is 0 Å². The van der Waals surface area contributed by atoms with Crippen molar-refractivity contribution < 1.29 is 8.85 Å². The molecule has 0 spiro atoms. The summed E-state index contributed by atoms with van der Waals surface area (Å²) in [6.45, 7) is 19.7. The first kappa shape index (κ1) is 18.3. The summed E-state index contributed by atoms with van der Waals surface area (Å²) in [7, 11) is -0.686. The van der Waals surface area contributed by atoms with Crippen LogP contribution in [-0.4, -0.2) is 53.9 Å². The molecule has 0 aliphatic carbocycles. The Bertz CT molecular complexity index is 212. The third-order valence-electron chi connectivity index (χ3n) is 2.25. The maximum absolute atomic E-state index is 6.06. The van der Waals surface area contributed by atoms with Gasteiger partial charge in [-0.2, -0.15) is 0 Å². The minimum atomic E-state index is -1.42. The molecule has 2 atom stereocenters. The lowest BCUT2D eigenvalue weighted by Gasteiger charge is -2.30. The van der Waals surface area contributed by atoms with Crippen molar-refractivity contribution in [2.75, 3.05) is 20.1 Å². The molecule has 0 aromatic heterocycles. The Hall–Kier alpha value is 0.314. The molecule has 0 amide bonds. The summed E-state index contributed by atoms with van der Waals surface area (Å²) in [6, 6.07) is 0. The standard InChI is InChI=1S/C13H33NO2Si2/c1-12(15-17(4,5)6)10-14(3)11-13(2)16-18(7,8)9/h12-13H,10-11H2,1-9H3. The smallest absolute Gasteiger partial charge is 0.184 e. The minimum absolute atomic E-state index is 0.306. The molecule has 3 nitrogen and oxygen atoms in total. The monoisotopic (exact) mass is 291 g/mol. The van der Waals surface area contributed by atoms with Gasteiger partial charge >= 0.3 is 0 Å². The third kappa shape index (κ3) is 11.4. The maximum Gasteiger partial charge on any atom is 0.184 e. The van der Waals surface area contributed by atoms with E-state index in [1.807, 2.05) is 0 Å². The Kier molecular flexibility index (Phi) is 7.32. The predicted molar refractivity (Wildman–Crippen MR) is 85.3 cm³/mol. The predicted octanol–water partition coefficient (Wildman–Crippen LogP) is 3.40. The molecule has 110 valence electrons. The van der Waals surface area contributed by atoms with E-state index < -0.39 is 16.6 Å². The highest BCUT2D eigenvalue weighted by atomic mass is 28.4. The first-order chi connectivity index (χ1) is 7.89. The minimum Gasteiger partial charge on any atom is -0.414 e. The quantitative estimate of drug-likeness (QED) is 0.640. The molecule has 0 heterocycles. The van der Waals surface area contributed by atoms with Crippen LogP contribution >= 0.6 is 0 Å². The molecule has 0 N–H and O–H groups in total. The lowest BCUT2D eigenvalue weighted by atomic mass is 10.3. The normalized spacial score (nSPS) is 17.0. The van der Waals surface area contributed by atoms with E-state index in [4.69, 9.17) is 8.85 Å². The Balaban J connectivity index is 4.00. The molecule has 0 saturated heterocycles. The maximum atomic E-state index is 6.06. The molecular formula is C13H33NO2Si2. The van der Waals surface area contributed by atoms with E-state index in [0.29, 0.717) is 12.2 Å². The molecule has 0 aliphatic heterocycles. The zero-order valence-corrected chi connectivity index (χ0v) is 15.8. The van der Waals surface area contributed by atoms with E-state index in [2.05, 4.69) is 65.1 Å². The zero-order chi connectivity index (χ0) is 14.6. The fraction of sp³-hybridized carbons (Fsp3) is 1.00. The van der Waals surface area contributed by atoms with Crippen LogP contribution in [0.2, 0.25) is 39.3 Å². The molecule has 0 radical (unpaired) electrons. The first-order valence-electron chi connectivity index (χ1n) is 6.93. The second-order valence-electron chi connectivity index (χ2n) is 7.30. The second-order valence-corrected chi connectivity index (χ2v) is 16.2. The van der Waals surface area contributed by atoms with Gasteiger partial charge in [0, 0.05) is 13.1 Å². The van der Waals surface area contributed by atoms with Crippen LogP contribution in [0.15, 0.2) is 0 Å². The molecule has 0 saturated carbocycles. The summed E-state index contributed by atoms with van der Waals surface area (Å²) in [5, 5.41) is 0. The summed E-state index contributed by atoms with van der Waals surface area (Å²) < 4.78 is 12.1. The van der Waals surface area contributed by atoms with Gasteiger partial charge in [0.1, 0.15) is 0 Å². The van der Waals surface area contributed by atoms with Crippen LogP contribution in [-0.2, 0) is 8.85 Å². The fourth-order valence-electron chi connectivity index (χ4n) is 2.23. The van der Waals surface area contributed by atoms with E-state index in [1.165, 1.54) is 0 Å². The van der Waals surface area contributed by atoms with E-state index >= 15 is 0 Å². The Labute approximate surface area is 116 Å². The van der Waals surface area contributed by atoms with Gasteiger partial charge in [-0.05, 0) is 60.2 Å². The summed E-state index contributed by atoms with van der Waals surface area (Å²) in [6.07, 6.45) is 0.612. The first-order valence-corrected chi connectivity index (χ1v) is 13.7. The Morgan fingerprint density at radius 2 is 1.06 bits per heavy atom. The zero-order valence-electron chi connectivity index (χ0n) is 13.8. The molecule has 0 aromatic carbocycles. The van der Waals surface area contributed by atoms with Crippen molar-refractivity contribution in [2.24, 2.45) is 0 Å². The van der Waals surface area contributed by atoms with E-state index in [0.717, 1.165) is 13.1 Å². The summed E-state index contributed by atoms with van der Waals surface area (Å²) in [4.78, 5) is 2.32. The summed E-state index contributed by atoms with van der Waals surface area (Å²) >= 11 is 0. The molecule has 5 heteroatoms. The number of nitrogens with zero attached hydrogens (tertiary/aromatic N) is 1. The van der Waals surface area contributed by atoms with Gasteiger partial charge in [-0.15, -0.1) is 0 Å². The van der Waals surface area contributed by atoms with Crippen LogP contribution in [0.4, 0.5) is 0 Å². The van der Waals surface area contributed by atoms with Crippen LogP contribution in [0.25, 0.3) is 0 Å². The van der Waals surface area contributed by atoms with Crippen LogP contribution in [0.1, 0.15) is 13.8 Å². The average Bonchev–Trinajstić information content (AvgIpc) is 1.92. The molecule has 18 heavy (non-hydrogen) atoms. The van der Waals surface area contributed by atoms with Crippen LogP contribution in [0.3, 0.4) is 0 Å². The van der Waals surface area contributed by atoms with Crippen molar-refractivity contribution in [3.05, 3.63) is 0 Å². The highest BCUT2D eigenvalue weighted by Gasteiger charge is 2.21. The molecule has 0 fully saturated rings. The van der Waals surface area contributed by atoms with Crippen molar-refractivity contribution in [1.82, 2.24) is 4.90 Å². The number of likely N-dealkylation sites (N-methyl/N-ethyl adjacent to an activating group) is 1. The molecular weight excluding hydrogens is 258 g/mol. The Morgan fingerprint density at radius 3 is 1.28 bits per heavy atom. The average molecular weight is 292 g/mol. The van der Waals surface area contributed by atoms with Gasteiger partial charge in [0.25, 0.3) is 0 Å². The van der Waals surface area contributed by atoms with Crippen molar-refractivity contribution in [3.8, 4) is 0 Å². The molecule has 2 unspecified atom stereocenters. The number of hydrogen-bond donors (Lipinski definition) is 0. The van der Waals surface area contributed by atoms with E-state index in [1.54, 1.807) is 0 Å². The molecule has 0 aromatic rings. The van der Waals surface area contributed by atoms with Gasteiger partial charge in [-0.3, -0.25) is 0 Å². The second kappa shape index (κ2) is 7.19. The molecule has 0 aliphatic rings. The van der Waals surface area contributed by atoms with Crippen LogP contribution < -0.4 is 0 Å². The highest BCUT2D eigenvalue weighted by Crippen LogP contribution is 2.10. The van der Waals surface area contributed by atoms with Crippen molar-refractivity contribution in [1.29, 1.82) is 0 Å². The van der Waals surface area contributed by atoms with Crippen LogP contribution in [0.5, 0.6) is 0 Å². The molecule has 0 rings (SSSR count). The molecule has 0 bridgehead atoms. The Morgan fingerprint density at radius 1 is 0.778 bits per heavy atom. The third-order valence-corrected chi connectivity index (χ3v) is 4.47. The largest absolute Gasteiger partial charge is 0.414 e. The van der Waals surface area contributed by atoms with Crippen LogP contribution in [0, 0.1) is 0 Å². The number of hydrogen-bond acceptors (Lipinski definition) is 3.